The normalized spacial score (nSPS) is 16.0. The highest BCUT2D eigenvalue weighted by Crippen LogP contribution is 2.33. The quantitative estimate of drug-likeness (QED) is 0.758. The summed E-state index contributed by atoms with van der Waals surface area (Å²) in [7, 11) is 1.54. The summed E-state index contributed by atoms with van der Waals surface area (Å²) >= 11 is 0. The number of phenols is 1. The standard InChI is InChI=1S/C16H16N2O3/c1-21-10-6-7-15(19)14(8-10)18-16(20)12-9-17-13-5-3-2-4-11(12)13/h2-8,12,17,19H,9H2,1H3,(H,18,20). The van der Waals surface area contributed by atoms with Gasteiger partial charge in [0.25, 0.3) is 0 Å². The van der Waals surface area contributed by atoms with Crippen molar-refractivity contribution < 1.29 is 14.6 Å². The Bertz CT molecular complexity index is 685. The van der Waals surface area contributed by atoms with Gasteiger partial charge >= 0.3 is 0 Å². The molecule has 0 radical (unpaired) electrons. The van der Waals surface area contributed by atoms with Gasteiger partial charge in [-0.2, -0.15) is 0 Å². The fourth-order valence-corrected chi connectivity index (χ4v) is 2.48. The highest BCUT2D eigenvalue weighted by Gasteiger charge is 2.28. The lowest BCUT2D eigenvalue weighted by atomic mass is 10.0. The van der Waals surface area contributed by atoms with Gasteiger partial charge in [0.1, 0.15) is 11.5 Å². The molecule has 5 nitrogen and oxygen atoms in total. The third-order valence-corrected chi connectivity index (χ3v) is 3.61. The third-order valence-electron chi connectivity index (χ3n) is 3.61. The molecule has 1 aliphatic rings. The van der Waals surface area contributed by atoms with E-state index in [9.17, 15) is 9.90 Å². The molecular formula is C16H16N2O3. The van der Waals surface area contributed by atoms with Gasteiger partial charge in [-0.05, 0) is 23.8 Å². The molecule has 1 amide bonds. The lowest BCUT2D eigenvalue weighted by Crippen LogP contribution is -2.22. The van der Waals surface area contributed by atoms with Crippen LogP contribution in [0.15, 0.2) is 42.5 Å². The van der Waals surface area contributed by atoms with Crippen LogP contribution in [0.4, 0.5) is 11.4 Å². The van der Waals surface area contributed by atoms with Crippen LogP contribution >= 0.6 is 0 Å². The molecule has 21 heavy (non-hydrogen) atoms. The molecule has 2 aromatic carbocycles. The van der Waals surface area contributed by atoms with Crippen LogP contribution < -0.4 is 15.4 Å². The smallest absolute Gasteiger partial charge is 0.233 e. The Morgan fingerprint density at radius 3 is 2.95 bits per heavy atom. The second kappa shape index (κ2) is 5.36. The number of carbonyl (C=O) groups excluding carboxylic acids is 1. The molecule has 0 spiro atoms. The van der Waals surface area contributed by atoms with Gasteiger partial charge in [-0.1, -0.05) is 18.2 Å². The minimum absolute atomic E-state index is 0.0170. The van der Waals surface area contributed by atoms with Gasteiger partial charge in [0.15, 0.2) is 0 Å². The zero-order valence-corrected chi connectivity index (χ0v) is 11.6. The van der Waals surface area contributed by atoms with Crippen molar-refractivity contribution in [2.45, 2.75) is 5.92 Å². The van der Waals surface area contributed by atoms with Crippen molar-refractivity contribution in [3.63, 3.8) is 0 Å². The first-order chi connectivity index (χ1) is 10.2. The number of fused-ring (bicyclic) bond motifs is 1. The van der Waals surface area contributed by atoms with E-state index in [1.54, 1.807) is 12.1 Å². The largest absolute Gasteiger partial charge is 0.506 e. The van der Waals surface area contributed by atoms with Gasteiger partial charge in [-0.15, -0.1) is 0 Å². The second-order valence-corrected chi connectivity index (χ2v) is 4.89. The van der Waals surface area contributed by atoms with Gasteiger partial charge in [0, 0.05) is 18.3 Å². The number of aromatic hydroxyl groups is 1. The minimum Gasteiger partial charge on any atom is -0.506 e. The molecule has 2 aromatic rings. The Morgan fingerprint density at radius 2 is 2.14 bits per heavy atom. The monoisotopic (exact) mass is 284 g/mol. The number of amides is 1. The molecule has 0 fully saturated rings. The fraction of sp³-hybridized carbons (Fsp3) is 0.188. The predicted octanol–water partition coefficient (Wildman–Crippen LogP) is 2.55. The summed E-state index contributed by atoms with van der Waals surface area (Å²) in [5.41, 5.74) is 2.30. The molecule has 0 saturated carbocycles. The number of carbonyl (C=O) groups is 1. The lowest BCUT2D eigenvalue weighted by Gasteiger charge is -2.13. The SMILES string of the molecule is COc1ccc(O)c(NC(=O)C2CNc3ccccc32)c1. The van der Waals surface area contributed by atoms with Crippen LogP contribution in [0.2, 0.25) is 0 Å². The van der Waals surface area contributed by atoms with E-state index in [1.807, 2.05) is 24.3 Å². The topological polar surface area (TPSA) is 70.6 Å². The van der Waals surface area contributed by atoms with Gasteiger partial charge in [0.2, 0.25) is 5.91 Å². The summed E-state index contributed by atoms with van der Waals surface area (Å²) in [5.74, 6) is 0.166. The van der Waals surface area contributed by atoms with Crippen LogP contribution in [-0.2, 0) is 4.79 Å². The van der Waals surface area contributed by atoms with Crippen molar-refractivity contribution in [3.05, 3.63) is 48.0 Å². The number of benzene rings is 2. The summed E-state index contributed by atoms with van der Waals surface area (Å²) in [5, 5.41) is 15.8. The number of hydrogen-bond donors (Lipinski definition) is 3. The van der Waals surface area contributed by atoms with Crippen molar-refractivity contribution in [1.82, 2.24) is 0 Å². The lowest BCUT2D eigenvalue weighted by molar-refractivity contribution is -0.117. The Labute approximate surface area is 122 Å². The summed E-state index contributed by atoms with van der Waals surface area (Å²) < 4.78 is 5.10. The van der Waals surface area contributed by atoms with E-state index in [4.69, 9.17) is 4.74 Å². The van der Waals surface area contributed by atoms with Gasteiger partial charge in [-0.25, -0.2) is 0 Å². The zero-order chi connectivity index (χ0) is 14.8. The maximum Gasteiger partial charge on any atom is 0.233 e. The van der Waals surface area contributed by atoms with Crippen LogP contribution in [0.1, 0.15) is 11.5 Å². The average Bonchev–Trinajstić information content (AvgIpc) is 2.93. The molecule has 1 atom stereocenters. The van der Waals surface area contributed by atoms with E-state index in [2.05, 4.69) is 10.6 Å². The first-order valence-corrected chi connectivity index (χ1v) is 6.69. The van der Waals surface area contributed by atoms with Crippen LogP contribution in [0.25, 0.3) is 0 Å². The van der Waals surface area contributed by atoms with Crippen LogP contribution in [0.5, 0.6) is 11.5 Å². The predicted molar refractivity (Wildman–Crippen MR) is 81.0 cm³/mol. The number of ether oxygens (including phenoxy) is 1. The van der Waals surface area contributed by atoms with E-state index >= 15 is 0 Å². The average molecular weight is 284 g/mol. The molecule has 5 heteroatoms. The molecule has 0 aliphatic carbocycles. The molecule has 1 unspecified atom stereocenters. The Morgan fingerprint density at radius 1 is 1.33 bits per heavy atom. The number of methoxy groups -OCH3 is 1. The number of nitrogens with one attached hydrogen (secondary N) is 2. The number of hydrogen-bond acceptors (Lipinski definition) is 4. The van der Waals surface area contributed by atoms with E-state index in [0.29, 0.717) is 18.0 Å². The number of rotatable bonds is 3. The van der Waals surface area contributed by atoms with Crippen molar-refractivity contribution in [2.75, 3.05) is 24.3 Å². The third kappa shape index (κ3) is 2.50. The first kappa shape index (κ1) is 13.3. The second-order valence-electron chi connectivity index (χ2n) is 4.89. The summed E-state index contributed by atoms with van der Waals surface area (Å²) in [6.45, 7) is 0.551. The highest BCUT2D eigenvalue weighted by molar-refractivity contribution is 5.99. The Kier molecular flexibility index (Phi) is 3.39. The maximum absolute atomic E-state index is 12.4. The van der Waals surface area contributed by atoms with E-state index in [1.165, 1.54) is 13.2 Å². The van der Waals surface area contributed by atoms with E-state index < -0.39 is 0 Å². The molecule has 0 saturated heterocycles. The summed E-state index contributed by atoms with van der Waals surface area (Å²) in [4.78, 5) is 12.4. The molecule has 1 heterocycles. The first-order valence-electron chi connectivity index (χ1n) is 6.69. The molecule has 0 aromatic heterocycles. The number of para-hydroxylation sites is 1. The van der Waals surface area contributed by atoms with Crippen molar-refractivity contribution in [2.24, 2.45) is 0 Å². The fourth-order valence-electron chi connectivity index (χ4n) is 2.48. The highest BCUT2D eigenvalue weighted by atomic mass is 16.5. The van der Waals surface area contributed by atoms with Crippen molar-refractivity contribution in [1.29, 1.82) is 0 Å². The van der Waals surface area contributed by atoms with E-state index in [0.717, 1.165) is 11.3 Å². The van der Waals surface area contributed by atoms with Crippen molar-refractivity contribution >= 4 is 17.3 Å². The number of anilines is 2. The maximum atomic E-state index is 12.4. The molecule has 1 aliphatic heterocycles. The summed E-state index contributed by atoms with van der Waals surface area (Å²) in [6.07, 6.45) is 0. The van der Waals surface area contributed by atoms with Crippen LogP contribution in [0, 0.1) is 0 Å². The van der Waals surface area contributed by atoms with Gasteiger partial charge in [-0.3, -0.25) is 4.79 Å². The van der Waals surface area contributed by atoms with Crippen LogP contribution in [0.3, 0.4) is 0 Å². The Hall–Kier alpha value is -2.69. The Balaban J connectivity index is 1.82. The minimum atomic E-state index is -0.271. The van der Waals surface area contributed by atoms with Gasteiger partial charge in [0.05, 0.1) is 18.7 Å². The van der Waals surface area contributed by atoms with E-state index in [-0.39, 0.29) is 17.6 Å². The molecule has 3 rings (SSSR count). The zero-order valence-electron chi connectivity index (χ0n) is 11.6. The van der Waals surface area contributed by atoms with Crippen LogP contribution in [-0.4, -0.2) is 24.7 Å². The van der Waals surface area contributed by atoms with Crippen molar-refractivity contribution in [3.8, 4) is 11.5 Å². The molecule has 0 bridgehead atoms. The number of phenolic OH excluding ortho intramolecular Hbond substituents is 1. The molecular weight excluding hydrogens is 268 g/mol. The molecule has 108 valence electrons. The summed E-state index contributed by atoms with van der Waals surface area (Å²) in [6, 6.07) is 12.5. The van der Waals surface area contributed by atoms with Gasteiger partial charge < -0.3 is 20.5 Å². The molecule has 3 N–H and O–H groups in total.